The molecule has 1 rings (SSSR count). The molecule has 0 bridgehead atoms. The number of benzene rings is 1. The Morgan fingerprint density at radius 2 is 1.95 bits per heavy atom. The average Bonchev–Trinajstić information content (AvgIpc) is 2.23. The molecule has 0 heterocycles. The zero-order valence-electron chi connectivity index (χ0n) is 11.4. The summed E-state index contributed by atoms with van der Waals surface area (Å²) in [7, 11) is -3.86. The lowest BCUT2D eigenvalue weighted by Gasteiger charge is -2.31. The molecule has 0 atom stereocenters. The Hall–Kier alpha value is -1.31. The molecular weight excluding hydrogens is 266 g/mol. The van der Waals surface area contributed by atoms with Crippen molar-refractivity contribution in [3.63, 3.8) is 0 Å². The fourth-order valence-electron chi connectivity index (χ4n) is 1.89. The molecule has 0 spiro atoms. The predicted molar refractivity (Wildman–Crippen MR) is 76.4 cm³/mol. The van der Waals surface area contributed by atoms with E-state index in [1.807, 2.05) is 11.8 Å². The van der Waals surface area contributed by atoms with Gasteiger partial charge in [-0.2, -0.15) is 0 Å². The number of para-hydroxylation sites is 1. The molecule has 0 aliphatic heterocycles. The van der Waals surface area contributed by atoms with Gasteiger partial charge in [-0.1, -0.05) is 6.07 Å². The average molecular weight is 287 g/mol. The van der Waals surface area contributed by atoms with Crippen molar-refractivity contribution in [3.05, 3.63) is 18.2 Å². The Balaban J connectivity index is 3.27. The first kappa shape index (κ1) is 15.7. The molecule has 19 heavy (non-hydrogen) atoms. The number of likely N-dealkylation sites (N-methyl/N-ethyl adjacent to an activating group) is 1. The second-order valence-corrected chi connectivity index (χ2v) is 6.59. The minimum absolute atomic E-state index is 0.0980. The second kappa shape index (κ2) is 5.36. The largest absolute Gasteiger partial charge is 0.396 e. The van der Waals surface area contributed by atoms with Gasteiger partial charge in [-0.15, -0.1) is 0 Å². The van der Waals surface area contributed by atoms with Gasteiger partial charge in [-0.25, -0.2) is 13.6 Å². The summed E-state index contributed by atoms with van der Waals surface area (Å²) >= 11 is 0. The van der Waals surface area contributed by atoms with Crippen LogP contribution in [0.3, 0.4) is 0 Å². The van der Waals surface area contributed by atoms with E-state index in [9.17, 15) is 13.5 Å². The highest BCUT2D eigenvalue weighted by Gasteiger charge is 2.22. The molecule has 0 amide bonds. The van der Waals surface area contributed by atoms with Crippen LogP contribution >= 0.6 is 0 Å². The number of nitrogens with zero attached hydrogens (tertiary/aromatic N) is 1. The molecule has 108 valence electrons. The summed E-state index contributed by atoms with van der Waals surface area (Å²) < 4.78 is 22.9. The maximum atomic E-state index is 11.4. The van der Waals surface area contributed by atoms with Gasteiger partial charge in [0.15, 0.2) is 0 Å². The summed E-state index contributed by atoms with van der Waals surface area (Å²) in [4.78, 5) is 1.71. The molecule has 0 saturated carbocycles. The number of hydrogen-bond acceptors (Lipinski definition) is 5. The van der Waals surface area contributed by atoms with E-state index in [0.29, 0.717) is 18.8 Å². The summed E-state index contributed by atoms with van der Waals surface area (Å²) in [5.74, 6) is 0. The normalized spacial score (nSPS) is 12.5. The van der Waals surface area contributed by atoms with Gasteiger partial charge in [0.1, 0.15) is 4.90 Å². The topological polar surface area (TPSA) is 110 Å². The summed E-state index contributed by atoms with van der Waals surface area (Å²) in [6.07, 6.45) is 0. The van der Waals surface area contributed by atoms with Crippen molar-refractivity contribution in [1.82, 2.24) is 0 Å². The summed E-state index contributed by atoms with van der Waals surface area (Å²) in [5.41, 5.74) is 5.63. The minimum Gasteiger partial charge on any atom is -0.396 e. The second-order valence-electron chi connectivity index (χ2n) is 5.06. The lowest BCUT2D eigenvalue weighted by atomic mass is 10.1. The van der Waals surface area contributed by atoms with Crippen LogP contribution in [0.25, 0.3) is 0 Å². The minimum atomic E-state index is -3.86. The van der Waals surface area contributed by atoms with Crippen LogP contribution in [0.2, 0.25) is 0 Å². The van der Waals surface area contributed by atoms with E-state index >= 15 is 0 Å². The number of aliphatic hydroxyl groups is 1. The van der Waals surface area contributed by atoms with Crippen LogP contribution in [0.4, 0.5) is 11.4 Å². The zero-order valence-corrected chi connectivity index (χ0v) is 12.2. The van der Waals surface area contributed by atoms with E-state index in [1.165, 1.54) is 6.07 Å². The quantitative estimate of drug-likeness (QED) is 0.684. The van der Waals surface area contributed by atoms with Gasteiger partial charge in [0.25, 0.3) is 0 Å². The molecule has 0 saturated heterocycles. The number of nitrogen functional groups attached to an aromatic ring is 1. The molecule has 7 heteroatoms. The van der Waals surface area contributed by atoms with Crippen LogP contribution in [0, 0.1) is 0 Å². The SMILES string of the molecule is CCN(CC(C)(C)O)c1cccc(S(N)(=O)=O)c1N. The van der Waals surface area contributed by atoms with Crippen LogP contribution < -0.4 is 15.8 Å². The molecule has 0 aliphatic rings. The molecule has 6 nitrogen and oxygen atoms in total. The predicted octanol–water partition coefficient (Wildman–Crippen LogP) is 0.513. The molecule has 1 aromatic rings. The molecule has 1 aromatic carbocycles. The third-order valence-electron chi connectivity index (χ3n) is 2.65. The lowest BCUT2D eigenvalue weighted by molar-refractivity contribution is 0.0876. The van der Waals surface area contributed by atoms with Crippen molar-refractivity contribution in [2.45, 2.75) is 31.3 Å². The van der Waals surface area contributed by atoms with Gasteiger partial charge >= 0.3 is 0 Å². The number of nitrogens with two attached hydrogens (primary N) is 2. The molecule has 0 fully saturated rings. The van der Waals surface area contributed by atoms with Crippen molar-refractivity contribution >= 4 is 21.4 Å². The fourth-order valence-corrected chi connectivity index (χ4v) is 2.57. The van der Waals surface area contributed by atoms with Crippen molar-refractivity contribution < 1.29 is 13.5 Å². The van der Waals surface area contributed by atoms with Crippen LogP contribution in [-0.4, -0.2) is 32.2 Å². The van der Waals surface area contributed by atoms with Crippen LogP contribution in [0.5, 0.6) is 0 Å². The maximum Gasteiger partial charge on any atom is 0.240 e. The molecule has 0 aliphatic carbocycles. The van der Waals surface area contributed by atoms with Crippen LogP contribution in [0.15, 0.2) is 23.1 Å². The van der Waals surface area contributed by atoms with E-state index in [2.05, 4.69) is 0 Å². The summed E-state index contributed by atoms with van der Waals surface area (Å²) in [5, 5.41) is 15.0. The first-order valence-corrected chi connectivity index (χ1v) is 7.49. The first-order valence-electron chi connectivity index (χ1n) is 5.95. The third-order valence-corrected chi connectivity index (χ3v) is 3.62. The van der Waals surface area contributed by atoms with Crippen LogP contribution in [0.1, 0.15) is 20.8 Å². The number of sulfonamides is 1. The zero-order chi connectivity index (χ0) is 14.8. The molecular formula is C12H21N3O3S. The van der Waals surface area contributed by atoms with Crippen molar-refractivity contribution in [2.24, 2.45) is 5.14 Å². The standard InChI is InChI=1S/C12H21N3O3S/c1-4-15(8-12(2,3)16)9-6-5-7-10(11(9)13)19(14,17)18/h5-7,16H,4,8,13H2,1-3H3,(H2,14,17,18). The molecule has 0 radical (unpaired) electrons. The third kappa shape index (κ3) is 4.09. The van der Waals surface area contributed by atoms with Gasteiger partial charge in [0.2, 0.25) is 10.0 Å². The maximum absolute atomic E-state index is 11.4. The number of anilines is 2. The van der Waals surface area contributed by atoms with E-state index in [-0.39, 0.29) is 10.6 Å². The Bertz CT molecular complexity index is 550. The highest BCUT2D eigenvalue weighted by atomic mass is 32.2. The Labute approximate surface area is 114 Å². The van der Waals surface area contributed by atoms with E-state index < -0.39 is 15.6 Å². The van der Waals surface area contributed by atoms with E-state index in [4.69, 9.17) is 10.9 Å². The van der Waals surface area contributed by atoms with Crippen LogP contribution in [-0.2, 0) is 10.0 Å². The van der Waals surface area contributed by atoms with Gasteiger partial charge < -0.3 is 15.7 Å². The van der Waals surface area contributed by atoms with Gasteiger partial charge in [-0.3, -0.25) is 0 Å². The van der Waals surface area contributed by atoms with E-state index in [0.717, 1.165) is 0 Å². The Morgan fingerprint density at radius 3 is 2.37 bits per heavy atom. The lowest BCUT2D eigenvalue weighted by Crippen LogP contribution is -2.39. The molecule has 0 unspecified atom stereocenters. The first-order chi connectivity index (χ1) is 8.56. The molecule has 5 N–H and O–H groups in total. The van der Waals surface area contributed by atoms with Gasteiger partial charge in [-0.05, 0) is 32.9 Å². The fraction of sp³-hybridized carbons (Fsp3) is 0.500. The van der Waals surface area contributed by atoms with Crippen molar-refractivity contribution in [1.29, 1.82) is 0 Å². The van der Waals surface area contributed by atoms with Crippen molar-refractivity contribution in [3.8, 4) is 0 Å². The number of primary sulfonamides is 1. The smallest absolute Gasteiger partial charge is 0.240 e. The summed E-state index contributed by atoms with van der Waals surface area (Å²) in [6, 6.07) is 4.66. The molecule has 0 aromatic heterocycles. The monoisotopic (exact) mass is 287 g/mol. The highest BCUT2D eigenvalue weighted by molar-refractivity contribution is 7.89. The number of rotatable bonds is 5. The Kier molecular flexibility index (Phi) is 4.44. The van der Waals surface area contributed by atoms with E-state index in [1.54, 1.807) is 26.0 Å². The van der Waals surface area contributed by atoms with Crippen molar-refractivity contribution in [2.75, 3.05) is 23.7 Å². The highest BCUT2D eigenvalue weighted by Crippen LogP contribution is 2.29. The summed E-state index contributed by atoms with van der Waals surface area (Å²) in [6.45, 7) is 6.17. The van der Waals surface area contributed by atoms with Gasteiger partial charge in [0.05, 0.1) is 17.0 Å². The van der Waals surface area contributed by atoms with Gasteiger partial charge in [0, 0.05) is 13.1 Å². The number of hydrogen-bond donors (Lipinski definition) is 3. The Morgan fingerprint density at radius 1 is 1.37 bits per heavy atom.